The number of ether oxygens (including phenoxy) is 3. The van der Waals surface area contributed by atoms with Gasteiger partial charge in [0.25, 0.3) is 5.91 Å². The van der Waals surface area contributed by atoms with Gasteiger partial charge in [-0.05, 0) is 31.0 Å². The van der Waals surface area contributed by atoms with Gasteiger partial charge in [-0.15, -0.1) is 5.10 Å². The molecule has 0 saturated heterocycles. The second-order valence-electron chi connectivity index (χ2n) is 6.76. The van der Waals surface area contributed by atoms with Gasteiger partial charge < -0.3 is 24.2 Å². The maximum Gasteiger partial charge on any atom is 0.490 e. The van der Waals surface area contributed by atoms with Crippen LogP contribution in [0.3, 0.4) is 0 Å². The van der Waals surface area contributed by atoms with E-state index in [4.69, 9.17) is 24.1 Å². The van der Waals surface area contributed by atoms with E-state index >= 15 is 0 Å². The minimum absolute atomic E-state index is 0.0127. The van der Waals surface area contributed by atoms with Crippen molar-refractivity contribution in [2.45, 2.75) is 25.6 Å². The van der Waals surface area contributed by atoms with E-state index in [9.17, 15) is 18.0 Å². The molecule has 0 radical (unpaired) electrons. The Morgan fingerprint density at radius 3 is 2.55 bits per heavy atom. The molecule has 0 aliphatic carbocycles. The van der Waals surface area contributed by atoms with Crippen molar-refractivity contribution in [3.8, 4) is 17.4 Å². The number of nitrogens with zero attached hydrogens (tertiary/aromatic N) is 3. The van der Waals surface area contributed by atoms with Crippen LogP contribution in [0.15, 0.2) is 18.2 Å². The minimum atomic E-state index is -5.08. The lowest BCUT2D eigenvalue weighted by Gasteiger charge is -2.21. The van der Waals surface area contributed by atoms with Gasteiger partial charge in [-0.1, -0.05) is 0 Å². The number of halogens is 3. The number of carbonyl (C=O) groups excluding carboxylic acids is 1. The van der Waals surface area contributed by atoms with Crippen LogP contribution in [-0.2, 0) is 24.8 Å². The average Bonchev–Trinajstić information content (AvgIpc) is 3.22. The molecule has 31 heavy (non-hydrogen) atoms. The Balaban J connectivity index is 0.000000339. The molecule has 3 heterocycles. The minimum Gasteiger partial charge on any atom is -0.480 e. The van der Waals surface area contributed by atoms with Gasteiger partial charge in [0, 0.05) is 24.7 Å². The molecule has 0 unspecified atom stereocenters. The predicted molar refractivity (Wildman–Crippen MR) is 99.1 cm³/mol. The second kappa shape index (κ2) is 8.74. The smallest absolute Gasteiger partial charge is 0.480 e. The van der Waals surface area contributed by atoms with Gasteiger partial charge in [0.1, 0.15) is 0 Å². The third-order valence-electron chi connectivity index (χ3n) is 4.78. The molecule has 0 atom stereocenters. The lowest BCUT2D eigenvalue weighted by Crippen LogP contribution is -2.31. The lowest BCUT2D eigenvalue weighted by molar-refractivity contribution is -0.192. The van der Waals surface area contributed by atoms with Crippen LogP contribution in [0.25, 0.3) is 0 Å². The summed E-state index contributed by atoms with van der Waals surface area (Å²) in [6.07, 6.45) is -3.34. The molecule has 168 valence electrons. The molecule has 0 fully saturated rings. The van der Waals surface area contributed by atoms with Crippen LogP contribution < -0.4 is 14.2 Å². The van der Waals surface area contributed by atoms with Gasteiger partial charge in [0.05, 0.1) is 19.3 Å². The van der Waals surface area contributed by atoms with E-state index in [2.05, 4.69) is 5.10 Å². The Bertz CT molecular complexity index is 989. The molecule has 1 aromatic heterocycles. The highest BCUT2D eigenvalue weighted by Crippen LogP contribution is 2.33. The summed E-state index contributed by atoms with van der Waals surface area (Å²) in [6, 6.07) is 5.32. The van der Waals surface area contributed by atoms with Crippen LogP contribution in [0.2, 0.25) is 0 Å². The van der Waals surface area contributed by atoms with Gasteiger partial charge in [-0.25, -0.2) is 4.79 Å². The zero-order chi connectivity index (χ0) is 22.8. The van der Waals surface area contributed by atoms with Crippen LogP contribution in [0, 0.1) is 0 Å². The first kappa shape index (κ1) is 22.2. The number of rotatable bonds is 2. The van der Waals surface area contributed by atoms with Crippen molar-refractivity contribution in [2.24, 2.45) is 7.05 Å². The van der Waals surface area contributed by atoms with Crippen LogP contribution >= 0.6 is 0 Å². The highest BCUT2D eigenvalue weighted by atomic mass is 19.4. The van der Waals surface area contributed by atoms with E-state index < -0.39 is 12.1 Å². The summed E-state index contributed by atoms with van der Waals surface area (Å²) >= 11 is 0. The van der Waals surface area contributed by atoms with Crippen molar-refractivity contribution < 1.29 is 42.1 Å². The van der Waals surface area contributed by atoms with E-state index in [1.54, 1.807) is 30.0 Å². The third kappa shape index (κ3) is 4.84. The first-order valence-electron chi connectivity index (χ1n) is 9.19. The number of aromatic nitrogens is 2. The number of carboxylic acid groups (broad SMARTS) is 1. The normalized spacial score (nSPS) is 14.8. The molecule has 2 aliphatic heterocycles. The molecule has 1 N–H and O–H groups in total. The summed E-state index contributed by atoms with van der Waals surface area (Å²) in [5.41, 5.74) is 2.73. The topological polar surface area (TPSA) is 103 Å². The number of carbonyl (C=O) groups is 2. The molecular formula is C19H20F3N3O6. The van der Waals surface area contributed by atoms with Crippen LogP contribution in [0.5, 0.6) is 17.4 Å². The Morgan fingerprint density at radius 2 is 1.90 bits per heavy atom. The number of carboxylic acids is 1. The SMILES string of the molecule is COc1nn(C)c2c1CCCN(C(=O)c1ccc3c(c1)OCO3)C2.O=C(O)C(F)(F)F. The number of aryl methyl sites for hydroxylation is 1. The van der Waals surface area contributed by atoms with E-state index in [1.165, 1.54) is 0 Å². The van der Waals surface area contributed by atoms with Gasteiger partial charge in [-0.2, -0.15) is 13.2 Å². The molecule has 1 amide bonds. The molecule has 4 rings (SSSR count). The summed E-state index contributed by atoms with van der Waals surface area (Å²) in [7, 11) is 3.51. The van der Waals surface area contributed by atoms with E-state index in [0.717, 1.165) is 24.1 Å². The number of hydrogen-bond donors (Lipinski definition) is 1. The number of aliphatic carboxylic acids is 1. The summed E-state index contributed by atoms with van der Waals surface area (Å²) < 4.78 is 49.6. The van der Waals surface area contributed by atoms with Crippen LogP contribution in [0.4, 0.5) is 13.2 Å². The maximum absolute atomic E-state index is 12.9. The van der Waals surface area contributed by atoms with Crippen LogP contribution in [-0.4, -0.2) is 58.3 Å². The number of alkyl halides is 3. The fourth-order valence-electron chi connectivity index (χ4n) is 3.28. The zero-order valence-electron chi connectivity index (χ0n) is 16.7. The number of hydrogen-bond acceptors (Lipinski definition) is 6. The van der Waals surface area contributed by atoms with Gasteiger partial charge in [0.2, 0.25) is 12.7 Å². The van der Waals surface area contributed by atoms with Gasteiger partial charge >= 0.3 is 12.1 Å². The number of fused-ring (bicyclic) bond motifs is 2. The van der Waals surface area contributed by atoms with Crippen molar-refractivity contribution in [1.82, 2.24) is 14.7 Å². The molecule has 12 heteroatoms. The molecule has 2 aromatic rings. The quantitative estimate of drug-likeness (QED) is 0.760. The molecule has 0 spiro atoms. The largest absolute Gasteiger partial charge is 0.490 e. The number of benzene rings is 1. The van der Waals surface area contributed by atoms with Gasteiger partial charge in [-0.3, -0.25) is 9.48 Å². The first-order chi connectivity index (χ1) is 14.6. The maximum atomic E-state index is 12.9. The molecular weight excluding hydrogens is 423 g/mol. The standard InChI is InChI=1S/C17H19N3O4.C2HF3O2/c1-19-13-9-20(7-3-4-12(13)16(18-19)22-2)17(21)11-5-6-14-15(8-11)24-10-23-14;3-2(4,5)1(6)7/h5-6,8H,3-4,7,9-10H2,1-2H3;(H,6,7). The fourth-order valence-corrected chi connectivity index (χ4v) is 3.28. The molecule has 1 aromatic carbocycles. The highest BCUT2D eigenvalue weighted by molar-refractivity contribution is 5.95. The predicted octanol–water partition coefficient (Wildman–Crippen LogP) is 2.38. The Labute approximate surface area is 174 Å². The van der Waals surface area contributed by atoms with Crippen molar-refractivity contribution in [3.05, 3.63) is 35.0 Å². The molecule has 2 aliphatic rings. The van der Waals surface area contributed by atoms with Crippen molar-refractivity contribution in [2.75, 3.05) is 20.4 Å². The molecule has 0 saturated carbocycles. The second-order valence-corrected chi connectivity index (χ2v) is 6.76. The highest BCUT2D eigenvalue weighted by Gasteiger charge is 2.38. The van der Waals surface area contributed by atoms with Crippen molar-refractivity contribution in [1.29, 1.82) is 0 Å². The Hall–Kier alpha value is -3.44. The van der Waals surface area contributed by atoms with Crippen molar-refractivity contribution >= 4 is 11.9 Å². The molecule has 9 nitrogen and oxygen atoms in total. The van der Waals surface area contributed by atoms with Crippen molar-refractivity contribution in [3.63, 3.8) is 0 Å². The average molecular weight is 443 g/mol. The number of amides is 1. The Kier molecular flexibility index (Phi) is 6.27. The summed E-state index contributed by atoms with van der Waals surface area (Å²) in [5, 5.41) is 11.5. The van der Waals surface area contributed by atoms with Crippen LogP contribution in [0.1, 0.15) is 28.0 Å². The monoisotopic (exact) mass is 443 g/mol. The summed E-state index contributed by atoms with van der Waals surface area (Å²) in [4.78, 5) is 23.7. The fraction of sp³-hybridized carbons (Fsp3) is 0.421. The lowest BCUT2D eigenvalue weighted by atomic mass is 10.1. The Morgan fingerprint density at radius 1 is 1.23 bits per heavy atom. The zero-order valence-corrected chi connectivity index (χ0v) is 16.7. The van der Waals surface area contributed by atoms with E-state index in [-0.39, 0.29) is 12.7 Å². The van der Waals surface area contributed by atoms with E-state index in [0.29, 0.717) is 36.0 Å². The first-order valence-corrected chi connectivity index (χ1v) is 9.19. The van der Waals surface area contributed by atoms with E-state index in [1.807, 2.05) is 11.9 Å². The molecule has 0 bridgehead atoms. The number of methoxy groups -OCH3 is 1. The summed E-state index contributed by atoms with van der Waals surface area (Å²) in [5.74, 6) is -0.807. The summed E-state index contributed by atoms with van der Waals surface area (Å²) in [6.45, 7) is 1.43. The van der Waals surface area contributed by atoms with Gasteiger partial charge in [0.15, 0.2) is 11.5 Å². The third-order valence-corrected chi connectivity index (χ3v) is 4.78.